The molecule has 1 aromatic heterocycles. The predicted molar refractivity (Wildman–Crippen MR) is 114 cm³/mol. The molecule has 4 rings (SSSR count). The second-order valence-corrected chi connectivity index (χ2v) is 7.62. The summed E-state index contributed by atoms with van der Waals surface area (Å²) in [6, 6.07) is 22.3. The molecule has 1 saturated heterocycles. The van der Waals surface area contributed by atoms with Crippen LogP contribution in [0.5, 0.6) is 0 Å². The first-order valence-corrected chi connectivity index (χ1v) is 10.2. The van der Waals surface area contributed by atoms with Gasteiger partial charge in [-0.15, -0.1) is 0 Å². The minimum atomic E-state index is -0.0381. The molecule has 3 aromatic rings. The lowest BCUT2D eigenvalue weighted by Crippen LogP contribution is -3.15. The van der Waals surface area contributed by atoms with E-state index in [-0.39, 0.29) is 11.9 Å². The minimum Gasteiger partial charge on any atom is -0.463 e. The topological polar surface area (TPSA) is 49.9 Å². The van der Waals surface area contributed by atoms with E-state index in [4.69, 9.17) is 4.42 Å². The molecule has 1 aliphatic rings. The van der Waals surface area contributed by atoms with Crippen LogP contribution in [0.3, 0.4) is 0 Å². The number of benzene rings is 2. The number of aryl methyl sites for hydroxylation is 1. The van der Waals surface area contributed by atoms with Crippen molar-refractivity contribution in [2.75, 3.05) is 37.6 Å². The quantitative estimate of drug-likeness (QED) is 0.680. The lowest BCUT2D eigenvalue weighted by atomic mass is 10.1. The van der Waals surface area contributed by atoms with Crippen LogP contribution in [0.1, 0.15) is 27.7 Å². The standard InChI is InChI=1S/C24H27N3O2/c1-19-9-11-20(12-10-19)24(28)25-18-22(23-8-5-17-29-23)27-15-13-26(14-16-27)21-6-3-2-4-7-21/h2-12,17,22H,13-16,18H2,1H3,(H,25,28)/p+1/t22-/m1/s1. The maximum atomic E-state index is 12.6. The highest BCUT2D eigenvalue weighted by atomic mass is 16.3. The summed E-state index contributed by atoms with van der Waals surface area (Å²) >= 11 is 0. The molecule has 5 heteroatoms. The number of carbonyl (C=O) groups excluding carboxylic acids is 1. The average molecular weight is 391 g/mol. The molecule has 0 spiro atoms. The third kappa shape index (κ3) is 4.69. The van der Waals surface area contributed by atoms with Crippen LogP contribution in [-0.2, 0) is 0 Å². The molecule has 0 radical (unpaired) electrons. The first kappa shape index (κ1) is 19.3. The molecule has 1 fully saturated rings. The Bertz CT molecular complexity index is 899. The molecule has 2 aromatic carbocycles. The van der Waals surface area contributed by atoms with Gasteiger partial charge in [0.05, 0.1) is 39.0 Å². The molecular weight excluding hydrogens is 362 g/mol. The van der Waals surface area contributed by atoms with Gasteiger partial charge in [0.25, 0.3) is 5.91 Å². The molecule has 2 heterocycles. The number of piperazine rings is 1. The zero-order valence-corrected chi connectivity index (χ0v) is 16.8. The van der Waals surface area contributed by atoms with E-state index < -0.39 is 0 Å². The SMILES string of the molecule is Cc1ccc(C(=O)NC[C@H](c2ccco2)[NH+]2CCN(c3ccccc3)CC2)cc1. The van der Waals surface area contributed by atoms with Crippen LogP contribution in [0.25, 0.3) is 0 Å². The molecule has 0 saturated carbocycles. The number of rotatable bonds is 6. The monoisotopic (exact) mass is 390 g/mol. The summed E-state index contributed by atoms with van der Waals surface area (Å²) < 4.78 is 5.73. The fourth-order valence-electron chi connectivity index (χ4n) is 3.98. The molecule has 2 N–H and O–H groups in total. The number of amides is 1. The van der Waals surface area contributed by atoms with Crippen molar-refractivity contribution in [1.82, 2.24) is 5.32 Å². The van der Waals surface area contributed by atoms with Gasteiger partial charge < -0.3 is 19.5 Å². The molecule has 29 heavy (non-hydrogen) atoms. The van der Waals surface area contributed by atoms with Crippen LogP contribution in [0, 0.1) is 6.92 Å². The smallest absolute Gasteiger partial charge is 0.251 e. The molecule has 1 atom stereocenters. The first-order valence-electron chi connectivity index (χ1n) is 10.2. The summed E-state index contributed by atoms with van der Waals surface area (Å²) in [6.45, 7) is 6.56. The molecule has 150 valence electrons. The van der Waals surface area contributed by atoms with E-state index in [0.29, 0.717) is 12.1 Å². The van der Waals surface area contributed by atoms with Gasteiger partial charge in [-0.05, 0) is 43.3 Å². The van der Waals surface area contributed by atoms with Gasteiger partial charge >= 0.3 is 0 Å². The zero-order chi connectivity index (χ0) is 20.1. The minimum absolute atomic E-state index is 0.0381. The number of nitrogens with one attached hydrogen (secondary N) is 2. The Morgan fingerprint density at radius 3 is 2.41 bits per heavy atom. The Morgan fingerprint density at radius 2 is 1.76 bits per heavy atom. The van der Waals surface area contributed by atoms with Crippen LogP contribution in [-0.4, -0.2) is 38.6 Å². The Morgan fingerprint density at radius 1 is 1.03 bits per heavy atom. The third-order valence-electron chi connectivity index (χ3n) is 5.69. The number of quaternary nitrogens is 1. The first-order chi connectivity index (χ1) is 14.2. The largest absolute Gasteiger partial charge is 0.463 e. The van der Waals surface area contributed by atoms with Crippen LogP contribution < -0.4 is 15.1 Å². The van der Waals surface area contributed by atoms with E-state index >= 15 is 0 Å². The van der Waals surface area contributed by atoms with Crippen molar-refractivity contribution in [3.63, 3.8) is 0 Å². The van der Waals surface area contributed by atoms with Gasteiger partial charge in [-0.1, -0.05) is 35.9 Å². The van der Waals surface area contributed by atoms with Crippen LogP contribution in [0.2, 0.25) is 0 Å². The van der Waals surface area contributed by atoms with Crippen molar-refractivity contribution in [2.45, 2.75) is 13.0 Å². The summed E-state index contributed by atoms with van der Waals surface area (Å²) in [5.41, 5.74) is 3.11. The van der Waals surface area contributed by atoms with Crippen LogP contribution in [0.15, 0.2) is 77.4 Å². The summed E-state index contributed by atoms with van der Waals surface area (Å²) in [6.07, 6.45) is 1.71. The highest BCUT2D eigenvalue weighted by Crippen LogP contribution is 2.15. The molecule has 1 amide bonds. The number of para-hydroxylation sites is 1. The fourth-order valence-corrected chi connectivity index (χ4v) is 3.98. The Balaban J connectivity index is 1.40. The van der Waals surface area contributed by atoms with Crippen molar-refractivity contribution < 1.29 is 14.1 Å². The van der Waals surface area contributed by atoms with E-state index in [1.54, 1.807) is 6.26 Å². The zero-order valence-electron chi connectivity index (χ0n) is 16.8. The maximum absolute atomic E-state index is 12.6. The van der Waals surface area contributed by atoms with E-state index in [1.165, 1.54) is 10.6 Å². The number of carbonyl (C=O) groups is 1. The molecule has 0 unspecified atom stereocenters. The van der Waals surface area contributed by atoms with Crippen molar-refractivity contribution in [1.29, 1.82) is 0 Å². The molecular formula is C24H28N3O2+. The lowest BCUT2D eigenvalue weighted by molar-refractivity contribution is -0.932. The van der Waals surface area contributed by atoms with E-state index in [9.17, 15) is 4.79 Å². The molecule has 0 bridgehead atoms. The number of hydrogen-bond donors (Lipinski definition) is 2. The van der Waals surface area contributed by atoms with Crippen molar-refractivity contribution in [3.8, 4) is 0 Å². The Kier molecular flexibility index (Phi) is 5.96. The molecule has 1 aliphatic heterocycles. The summed E-state index contributed by atoms with van der Waals surface area (Å²) in [5.74, 6) is 0.890. The van der Waals surface area contributed by atoms with Gasteiger partial charge in [0, 0.05) is 11.3 Å². The Labute approximate surface area is 171 Å². The van der Waals surface area contributed by atoms with E-state index in [0.717, 1.165) is 37.5 Å². The van der Waals surface area contributed by atoms with Crippen molar-refractivity contribution in [3.05, 3.63) is 89.9 Å². The fraction of sp³-hybridized carbons (Fsp3) is 0.292. The van der Waals surface area contributed by atoms with Crippen LogP contribution >= 0.6 is 0 Å². The van der Waals surface area contributed by atoms with Crippen molar-refractivity contribution in [2.24, 2.45) is 0 Å². The van der Waals surface area contributed by atoms with Gasteiger partial charge in [0.1, 0.15) is 0 Å². The predicted octanol–water partition coefficient (Wildman–Crippen LogP) is 2.46. The number of hydrogen-bond acceptors (Lipinski definition) is 3. The van der Waals surface area contributed by atoms with Gasteiger partial charge in [-0.2, -0.15) is 0 Å². The van der Waals surface area contributed by atoms with E-state index in [1.807, 2.05) is 43.3 Å². The number of furan rings is 1. The van der Waals surface area contributed by atoms with Gasteiger partial charge in [-0.25, -0.2) is 0 Å². The normalized spacial score (nSPS) is 15.8. The second-order valence-electron chi connectivity index (χ2n) is 7.62. The van der Waals surface area contributed by atoms with Gasteiger partial charge in [0.2, 0.25) is 0 Å². The second kappa shape index (κ2) is 8.97. The summed E-state index contributed by atoms with van der Waals surface area (Å²) in [7, 11) is 0. The highest BCUT2D eigenvalue weighted by molar-refractivity contribution is 5.94. The number of nitrogens with zero attached hydrogens (tertiary/aromatic N) is 1. The van der Waals surface area contributed by atoms with E-state index in [2.05, 4.69) is 40.5 Å². The van der Waals surface area contributed by atoms with Gasteiger partial charge in [0.15, 0.2) is 11.8 Å². The third-order valence-corrected chi connectivity index (χ3v) is 5.69. The summed E-state index contributed by atoms with van der Waals surface area (Å²) in [5, 5.41) is 3.11. The summed E-state index contributed by atoms with van der Waals surface area (Å²) in [4.78, 5) is 16.5. The van der Waals surface area contributed by atoms with Gasteiger partial charge in [-0.3, -0.25) is 4.79 Å². The number of anilines is 1. The highest BCUT2D eigenvalue weighted by Gasteiger charge is 2.31. The molecule has 0 aliphatic carbocycles. The molecule has 5 nitrogen and oxygen atoms in total. The lowest BCUT2D eigenvalue weighted by Gasteiger charge is -2.37. The Hall–Kier alpha value is -3.05. The maximum Gasteiger partial charge on any atom is 0.251 e. The van der Waals surface area contributed by atoms with Crippen LogP contribution in [0.4, 0.5) is 5.69 Å². The average Bonchev–Trinajstić information content (AvgIpc) is 3.30. The van der Waals surface area contributed by atoms with Crippen molar-refractivity contribution >= 4 is 11.6 Å².